The Morgan fingerprint density at radius 3 is 2.45 bits per heavy atom. The maximum atomic E-state index is 12.4. The van der Waals surface area contributed by atoms with E-state index in [4.69, 9.17) is 5.11 Å². The van der Waals surface area contributed by atoms with Crippen molar-refractivity contribution >= 4 is 11.0 Å². The topological polar surface area (TPSA) is 50.1 Å². The Morgan fingerprint density at radius 2 is 1.86 bits per heavy atom. The molecule has 2 rings (SSSR count). The molecule has 0 amide bonds. The van der Waals surface area contributed by atoms with Gasteiger partial charge in [0.25, 0.3) is 0 Å². The summed E-state index contributed by atoms with van der Waals surface area (Å²) in [6, 6.07) is 7.29. The zero-order valence-electron chi connectivity index (χ0n) is 12.7. The fraction of sp³-hybridized carbons (Fsp3) is 0.533. The van der Waals surface area contributed by atoms with Crippen LogP contribution in [0.5, 0.6) is 0 Å². The number of fused-ring (bicyclic) bond motifs is 1. The van der Waals surface area contributed by atoms with E-state index in [1.807, 2.05) is 42.7 Å². The van der Waals surface area contributed by atoms with Gasteiger partial charge in [-0.05, 0) is 32.9 Å². The first-order valence-corrected chi connectivity index (χ1v) is 7.16. The number of imidazole rings is 1. The summed E-state index contributed by atoms with van der Waals surface area (Å²) in [7, 11) is 0. The second-order valence-electron chi connectivity index (χ2n) is 5.61. The van der Waals surface area contributed by atoms with Gasteiger partial charge in [0.05, 0.1) is 17.1 Å². The van der Waals surface area contributed by atoms with Crippen LogP contribution in [0.2, 0.25) is 0 Å². The number of nitrogens with zero attached hydrogens (tertiary/aromatic N) is 2. The maximum absolute atomic E-state index is 12.4. The summed E-state index contributed by atoms with van der Waals surface area (Å²) in [5.74, 6) is 0.658. The molecular weight excluding hydrogens is 295 g/mol. The van der Waals surface area contributed by atoms with Crippen LogP contribution in [-0.4, -0.2) is 33.5 Å². The Balaban J connectivity index is 2.24. The highest BCUT2D eigenvalue weighted by molar-refractivity contribution is 5.76. The van der Waals surface area contributed by atoms with Crippen LogP contribution in [0.1, 0.15) is 38.7 Å². The lowest BCUT2D eigenvalue weighted by molar-refractivity contribution is -0.202. The largest absolute Gasteiger partial charge is 0.415 e. The molecule has 4 nitrogen and oxygen atoms in total. The molecule has 0 saturated heterocycles. The molecule has 1 heterocycles. The van der Waals surface area contributed by atoms with Gasteiger partial charge in [-0.25, -0.2) is 4.98 Å². The molecular formula is C15H20F3N3O. The van der Waals surface area contributed by atoms with Crippen LogP contribution in [0.25, 0.3) is 11.0 Å². The Hall–Kier alpha value is -1.60. The third-order valence-corrected chi connectivity index (χ3v) is 3.52. The minimum Gasteiger partial charge on any atom is -0.382 e. The number of hydrogen-bond donors (Lipinski definition) is 2. The minimum atomic E-state index is -4.62. The molecule has 2 N–H and O–H groups in total. The van der Waals surface area contributed by atoms with Gasteiger partial charge in [0.1, 0.15) is 5.82 Å². The number of hydrogen-bond acceptors (Lipinski definition) is 3. The predicted octanol–water partition coefficient (Wildman–Crippen LogP) is 3.19. The lowest BCUT2D eigenvalue weighted by Crippen LogP contribution is -2.39. The molecule has 1 aromatic carbocycles. The molecule has 0 unspecified atom stereocenters. The number of benzene rings is 1. The molecule has 22 heavy (non-hydrogen) atoms. The van der Waals surface area contributed by atoms with Crippen LogP contribution in [0.3, 0.4) is 0 Å². The quantitative estimate of drug-likeness (QED) is 0.891. The number of halogens is 3. The van der Waals surface area contributed by atoms with Crippen molar-refractivity contribution in [1.29, 1.82) is 0 Å². The molecule has 0 aliphatic carbocycles. The molecule has 122 valence electrons. The third kappa shape index (κ3) is 3.41. The van der Waals surface area contributed by atoms with E-state index in [1.54, 1.807) is 6.92 Å². The summed E-state index contributed by atoms with van der Waals surface area (Å²) in [5.41, 5.74) is 1.74. The minimum absolute atomic E-state index is 0.124. The molecule has 0 saturated carbocycles. The lowest BCUT2D eigenvalue weighted by atomic mass is 10.2. The summed E-state index contributed by atoms with van der Waals surface area (Å²) in [6.45, 7) is 5.17. The van der Waals surface area contributed by atoms with Crippen LogP contribution < -0.4 is 5.32 Å². The van der Waals surface area contributed by atoms with E-state index in [-0.39, 0.29) is 6.04 Å². The normalized spacial score (nSPS) is 15.5. The Labute approximate surface area is 127 Å². The smallest absolute Gasteiger partial charge is 0.382 e. The fourth-order valence-corrected chi connectivity index (χ4v) is 2.41. The van der Waals surface area contributed by atoms with Crippen LogP contribution in [-0.2, 0) is 0 Å². The van der Waals surface area contributed by atoms with E-state index in [1.165, 1.54) is 0 Å². The van der Waals surface area contributed by atoms with E-state index in [0.29, 0.717) is 5.82 Å². The summed E-state index contributed by atoms with van der Waals surface area (Å²) in [4.78, 5) is 4.51. The van der Waals surface area contributed by atoms with E-state index in [9.17, 15) is 13.2 Å². The molecule has 0 fully saturated rings. The highest BCUT2D eigenvalue weighted by Gasteiger charge is 2.38. The zero-order valence-corrected chi connectivity index (χ0v) is 12.7. The molecule has 2 atom stereocenters. The van der Waals surface area contributed by atoms with E-state index < -0.39 is 24.9 Å². The van der Waals surface area contributed by atoms with Gasteiger partial charge >= 0.3 is 6.18 Å². The predicted molar refractivity (Wildman–Crippen MR) is 78.6 cm³/mol. The first kappa shape index (κ1) is 16.8. The van der Waals surface area contributed by atoms with Gasteiger partial charge in [0, 0.05) is 12.6 Å². The molecule has 0 aliphatic rings. The molecule has 0 spiro atoms. The summed E-state index contributed by atoms with van der Waals surface area (Å²) in [5, 5.41) is 11.8. The van der Waals surface area contributed by atoms with Crippen LogP contribution in [0.15, 0.2) is 24.3 Å². The van der Waals surface area contributed by atoms with Crippen LogP contribution >= 0.6 is 0 Å². The van der Waals surface area contributed by atoms with Crippen LogP contribution in [0, 0.1) is 0 Å². The Bertz CT molecular complexity index is 636. The second-order valence-corrected chi connectivity index (χ2v) is 5.61. The highest BCUT2D eigenvalue weighted by Crippen LogP contribution is 2.25. The lowest BCUT2D eigenvalue weighted by Gasteiger charge is -2.21. The SMILES string of the molecule is CC(C)n1c([C@@H](C)NC[C@@H](O)C(F)(F)F)nc2ccccc21. The summed E-state index contributed by atoms with van der Waals surface area (Å²) in [6.07, 6.45) is -7.00. The zero-order chi connectivity index (χ0) is 16.5. The van der Waals surface area contributed by atoms with Crippen LogP contribution in [0.4, 0.5) is 13.2 Å². The molecule has 0 bridgehead atoms. The maximum Gasteiger partial charge on any atom is 0.415 e. The number of para-hydroxylation sites is 2. The number of aliphatic hydroxyl groups excluding tert-OH is 1. The fourth-order valence-electron chi connectivity index (χ4n) is 2.41. The van der Waals surface area contributed by atoms with E-state index in [2.05, 4.69) is 10.3 Å². The second kappa shape index (κ2) is 6.26. The first-order valence-electron chi connectivity index (χ1n) is 7.16. The average Bonchev–Trinajstić information content (AvgIpc) is 2.82. The highest BCUT2D eigenvalue weighted by atomic mass is 19.4. The van der Waals surface area contributed by atoms with Gasteiger partial charge in [-0.2, -0.15) is 13.2 Å². The van der Waals surface area contributed by atoms with Gasteiger partial charge in [-0.3, -0.25) is 0 Å². The van der Waals surface area contributed by atoms with Gasteiger partial charge in [0.2, 0.25) is 0 Å². The average molecular weight is 315 g/mol. The van der Waals surface area contributed by atoms with Crippen molar-refractivity contribution in [1.82, 2.24) is 14.9 Å². The number of rotatable bonds is 5. The van der Waals surface area contributed by atoms with Crippen molar-refractivity contribution in [3.8, 4) is 0 Å². The Morgan fingerprint density at radius 1 is 1.23 bits per heavy atom. The van der Waals surface area contributed by atoms with Crippen molar-refractivity contribution in [2.24, 2.45) is 0 Å². The molecule has 2 aromatic rings. The van der Waals surface area contributed by atoms with E-state index >= 15 is 0 Å². The summed E-state index contributed by atoms with van der Waals surface area (Å²) >= 11 is 0. The van der Waals surface area contributed by atoms with Crippen molar-refractivity contribution in [2.45, 2.75) is 45.1 Å². The standard InChI is InChI=1S/C15H20F3N3O/c1-9(2)21-12-7-5-4-6-11(12)20-14(21)10(3)19-8-13(22)15(16,17)18/h4-7,9-10,13,19,22H,8H2,1-3H3/t10-,13-/m1/s1. The van der Waals surface area contributed by atoms with Gasteiger partial charge in [-0.15, -0.1) is 0 Å². The number of alkyl halides is 3. The third-order valence-electron chi connectivity index (χ3n) is 3.52. The Kier molecular flexibility index (Phi) is 4.77. The van der Waals surface area contributed by atoms with Crippen molar-refractivity contribution < 1.29 is 18.3 Å². The number of aromatic nitrogens is 2. The molecule has 7 heteroatoms. The van der Waals surface area contributed by atoms with Crippen molar-refractivity contribution in [3.05, 3.63) is 30.1 Å². The number of nitrogens with one attached hydrogen (secondary N) is 1. The molecule has 0 aliphatic heterocycles. The molecule has 0 radical (unpaired) electrons. The van der Waals surface area contributed by atoms with Crippen molar-refractivity contribution in [3.63, 3.8) is 0 Å². The molecule has 1 aromatic heterocycles. The first-order chi connectivity index (χ1) is 10.2. The van der Waals surface area contributed by atoms with Gasteiger partial charge in [-0.1, -0.05) is 12.1 Å². The number of aliphatic hydroxyl groups is 1. The van der Waals surface area contributed by atoms with Crippen molar-refractivity contribution in [2.75, 3.05) is 6.54 Å². The van der Waals surface area contributed by atoms with Gasteiger partial charge in [0.15, 0.2) is 6.10 Å². The van der Waals surface area contributed by atoms with E-state index in [0.717, 1.165) is 11.0 Å². The summed E-state index contributed by atoms with van der Waals surface area (Å²) < 4.78 is 39.1. The monoisotopic (exact) mass is 315 g/mol. The van der Waals surface area contributed by atoms with Gasteiger partial charge < -0.3 is 15.0 Å².